The minimum Gasteiger partial charge on any atom is -0.364 e. The topological polar surface area (TPSA) is 64.4 Å². The van der Waals surface area contributed by atoms with E-state index in [1.54, 1.807) is 0 Å². The number of amides is 1. The fourth-order valence-electron chi connectivity index (χ4n) is 2.68. The lowest BCUT2D eigenvalue weighted by molar-refractivity contribution is -0.132. The van der Waals surface area contributed by atoms with Crippen molar-refractivity contribution in [2.45, 2.75) is 57.7 Å². The Bertz CT molecular complexity index is 277. The predicted octanol–water partition coefficient (Wildman–Crippen LogP) is 1.19. The van der Waals surface area contributed by atoms with Crippen molar-refractivity contribution in [2.24, 2.45) is 11.1 Å². The minimum absolute atomic E-state index is 0.0586. The fraction of sp³-hybridized carbons (Fsp3) is 0.923. The van der Waals surface area contributed by atoms with E-state index in [-0.39, 0.29) is 18.1 Å². The quantitative estimate of drug-likeness (QED) is 0.733. The summed E-state index contributed by atoms with van der Waals surface area (Å²) in [5.41, 5.74) is 5.95. The molecule has 0 aromatic heterocycles. The number of ether oxygens (including phenoxy) is 1. The molecule has 2 aliphatic rings. The highest BCUT2D eigenvalue weighted by atomic mass is 16.5. The van der Waals surface area contributed by atoms with E-state index in [2.05, 4.69) is 12.2 Å². The summed E-state index contributed by atoms with van der Waals surface area (Å²) in [5, 5.41) is 3.05. The predicted molar refractivity (Wildman–Crippen MR) is 66.5 cm³/mol. The van der Waals surface area contributed by atoms with Crippen LogP contribution < -0.4 is 11.1 Å². The molecule has 0 aromatic carbocycles. The highest BCUT2D eigenvalue weighted by Gasteiger charge is 2.42. The molecule has 0 aromatic rings. The summed E-state index contributed by atoms with van der Waals surface area (Å²) in [5.74, 6) is 0.0586. The number of carbonyl (C=O) groups is 1. The lowest BCUT2D eigenvalue weighted by Gasteiger charge is -2.17. The molecule has 0 radical (unpaired) electrons. The van der Waals surface area contributed by atoms with Gasteiger partial charge in [0.1, 0.15) is 6.10 Å². The van der Waals surface area contributed by atoms with Crippen LogP contribution in [0.4, 0.5) is 0 Å². The van der Waals surface area contributed by atoms with Crippen LogP contribution in [-0.4, -0.2) is 31.2 Å². The monoisotopic (exact) mass is 240 g/mol. The van der Waals surface area contributed by atoms with E-state index in [1.165, 1.54) is 25.7 Å². The van der Waals surface area contributed by atoms with Gasteiger partial charge in [0.2, 0.25) is 5.91 Å². The van der Waals surface area contributed by atoms with Crippen LogP contribution in [0.1, 0.15) is 45.4 Å². The molecule has 4 heteroatoms. The zero-order chi connectivity index (χ0) is 12.3. The molecule has 0 bridgehead atoms. The van der Waals surface area contributed by atoms with Crippen LogP contribution in [0.15, 0.2) is 0 Å². The van der Waals surface area contributed by atoms with E-state index in [0.717, 1.165) is 19.4 Å². The molecule has 2 fully saturated rings. The van der Waals surface area contributed by atoms with Crippen molar-refractivity contribution >= 4 is 5.91 Å². The Morgan fingerprint density at radius 1 is 1.47 bits per heavy atom. The van der Waals surface area contributed by atoms with Crippen molar-refractivity contribution in [1.82, 2.24) is 5.32 Å². The second-order valence-corrected chi connectivity index (χ2v) is 5.53. The third-order valence-electron chi connectivity index (χ3n) is 4.04. The van der Waals surface area contributed by atoms with E-state index >= 15 is 0 Å². The smallest absolute Gasteiger partial charge is 0.249 e. The first-order valence-electron chi connectivity index (χ1n) is 6.82. The number of hydrogen-bond donors (Lipinski definition) is 2. The molecule has 1 saturated heterocycles. The van der Waals surface area contributed by atoms with Gasteiger partial charge in [0.25, 0.3) is 0 Å². The molecule has 3 N–H and O–H groups in total. The van der Waals surface area contributed by atoms with Gasteiger partial charge in [0.15, 0.2) is 0 Å². The number of carbonyl (C=O) groups excluding carboxylic acids is 1. The molecule has 2 atom stereocenters. The van der Waals surface area contributed by atoms with Crippen molar-refractivity contribution in [3.05, 3.63) is 0 Å². The van der Waals surface area contributed by atoms with E-state index in [9.17, 15) is 4.79 Å². The van der Waals surface area contributed by atoms with Gasteiger partial charge in [0, 0.05) is 13.1 Å². The normalized spacial score (nSPS) is 30.2. The lowest BCUT2D eigenvalue weighted by Crippen LogP contribution is -2.38. The van der Waals surface area contributed by atoms with Crippen molar-refractivity contribution in [1.29, 1.82) is 0 Å². The third-order valence-corrected chi connectivity index (χ3v) is 4.04. The Kier molecular flexibility index (Phi) is 4.05. The molecular formula is C13H24N2O2. The second-order valence-electron chi connectivity index (χ2n) is 5.53. The first kappa shape index (κ1) is 12.8. The van der Waals surface area contributed by atoms with Crippen LogP contribution in [0.5, 0.6) is 0 Å². The molecule has 1 aliphatic heterocycles. The molecule has 2 rings (SSSR count). The maximum atomic E-state index is 11.9. The minimum atomic E-state index is -0.263. The number of nitrogens with one attached hydrogen (secondary N) is 1. The molecule has 0 spiro atoms. The van der Waals surface area contributed by atoms with E-state index in [1.807, 2.05) is 0 Å². The van der Waals surface area contributed by atoms with Crippen LogP contribution in [0, 0.1) is 5.41 Å². The third kappa shape index (κ3) is 3.19. The zero-order valence-corrected chi connectivity index (χ0v) is 10.7. The van der Waals surface area contributed by atoms with Gasteiger partial charge in [-0.25, -0.2) is 0 Å². The maximum Gasteiger partial charge on any atom is 0.249 e. The molecular weight excluding hydrogens is 216 g/mol. The second kappa shape index (κ2) is 5.36. The van der Waals surface area contributed by atoms with Gasteiger partial charge in [-0.15, -0.1) is 0 Å². The van der Waals surface area contributed by atoms with Crippen molar-refractivity contribution in [2.75, 3.05) is 13.1 Å². The molecule has 98 valence electrons. The molecule has 17 heavy (non-hydrogen) atoms. The Morgan fingerprint density at radius 3 is 2.76 bits per heavy atom. The molecule has 1 amide bonds. The number of hydrogen-bond acceptors (Lipinski definition) is 3. The maximum absolute atomic E-state index is 11.9. The zero-order valence-electron chi connectivity index (χ0n) is 10.7. The highest BCUT2D eigenvalue weighted by molar-refractivity contribution is 5.81. The summed E-state index contributed by atoms with van der Waals surface area (Å²) in [4.78, 5) is 11.9. The average molecular weight is 240 g/mol. The lowest BCUT2D eigenvalue weighted by atomic mass is 10.0. The Hall–Kier alpha value is -0.610. The Morgan fingerprint density at radius 2 is 2.24 bits per heavy atom. The fourth-order valence-corrected chi connectivity index (χ4v) is 2.68. The van der Waals surface area contributed by atoms with Crippen molar-refractivity contribution in [3.8, 4) is 0 Å². The van der Waals surface area contributed by atoms with Crippen LogP contribution in [-0.2, 0) is 9.53 Å². The Labute approximate surface area is 103 Å². The highest BCUT2D eigenvalue weighted by Crippen LogP contribution is 2.48. The van der Waals surface area contributed by atoms with Gasteiger partial charge >= 0.3 is 0 Å². The largest absolute Gasteiger partial charge is 0.364 e. The molecule has 1 saturated carbocycles. The van der Waals surface area contributed by atoms with Crippen molar-refractivity contribution in [3.63, 3.8) is 0 Å². The summed E-state index contributed by atoms with van der Waals surface area (Å²) >= 11 is 0. The summed E-state index contributed by atoms with van der Waals surface area (Å²) in [6.07, 6.45) is 6.49. The van der Waals surface area contributed by atoms with Crippen LogP contribution in [0.25, 0.3) is 0 Å². The summed E-state index contributed by atoms with van der Waals surface area (Å²) in [7, 11) is 0. The molecule has 1 aliphatic carbocycles. The van der Waals surface area contributed by atoms with Gasteiger partial charge in [-0.1, -0.05) is 13.3 Å². The van der Waals surface area contributed by atoms with Crippen LogP contribution in [0.2, 0.25) is 0 Å². The van der Waals surface area contributed by atoms with E-state index < -0.39 is 0 Å². The number of nitrogens with two attached hydrogens (primary N) is 1. The van der Waals surface area contributed by atoms with Crippen LogP contribution >= 0.6 is 0 Å². The Balaban J connectivity index is 1.71. The summed E-state index contributed by atoms with van der Waals surface area (Å²) in [6.45, 7) is 3.55. The standard InChI is InChI=1S/C13H24N2O2/c1-2-5-13(6-7-13)9-15-12(16)11-4-3-10(8-14)17-11/h10-11H,2-9,14H2,1H3,(H,15,16). The van der Waals surface area contributed by atoms with Gasteiger partial charge < -0.3 is 15.8 Å². The van der Waals surface area contributed by atoms with Gasteiger partial charge in [0.05, 0.1) is 6.10 Å². The molecule has 4 nitrogen and oxygen atoms in total. The number of rotatable bonds is 6. The van der Waals surface area contributed by atoms with Gasteiger partial charge in [-0.05, 0) is 37.5 Å². The van der Waals surface area contributed by atoms with Gasteiger partial charge in [-0.3, -0.25) is 4.79 Å². The molecule has 2 unspecified atom stereocenters. The van der Waals surface area contributed by atoms with E-state index in [0.29, 0.717) is 12.0 Å². The summed E-state index contributed by atoms with van der Waals surface area (Å²) < 4.78 is 5.58. The molecule has 1 heterocycles. The average Bonchev–Trinajstić information content (AvgIpc) is 2.93. The first-order chi connectivity index (χ1) is 8.19. The SMILES string of the molecule is CCCC1(CNC(=O)C2CCC(CN)O2)CC1. The summed E-state index contributed by atoms with van der Waals surface area (Å²) in [6, 6.07) is 0. The van der Waals surface area contributed by atoms with Gasteiger partial charge in [-0.2, -0.15) is 0 Å². The van der Waals surface area contributed by atoms with E-state index in [4.69, 9.17) is 10.5 Å². The first-order valence-corrected chi connectivity index (χ1v) is 6.82. The van der Waals surface area contributed by atoms with Crippen LogP contribution in [0.3, 0.4) is 0 Å². The van der Waals surface area contributed by atoms with Crippen molar-refractivity contribution < 1.29 is 9.53 Å².